The second-order valence-corrected chi connectivity index (χ2v) is 22.1. The maximum absolute atomic E-state index is 12.9. The molecule has 0 aliphatic rings. The number of likely N-dealkylation sites (N-methyl/N-ethyl adjacent to an activating group) is 1. The number of aliphatic hydroxyl groups is 1. The van der Waals surface area contributed by atoms with Gasteiger partial charge >= 0.3 is 0 Å². The summed E-state index contributed by atoms with van der Waals surface area (Å²) < 4.78 is 23.3. The third-order valence-electron chi connectivity index (χ3n) is 13.0. The minimum absolute atomic E-state index is 0.00228. The highest BCUT2D eigenvalue weighted by molar-refractivity contribution is 7.45. The smallest absolute Gasteiger partial charge is 0.268 e. The highest BCUT2D eigenvalue weighted by atomic mass is 31.2. The first-order chi connectivity index (χ1) is 31.0. The third-order valence-corrected chi connectivity index (χ3v) is 14.0. The Labute approximate surface area is 399 Å². The largest absolute Gasteiger partial charge is 0.756 e. The maximum Gasteiger partial charge on any atom is 0.268 e. The number of carbonyl (C=O) groups is 1. The number of nitrogens with one attached hydrogen (secondary N) is 1. The number of aliphatic hydroxyl groups excluding tert-OH is 1. The van der Waals surface area contributed by atoms with Crippen molar-refractivity contribution in [1.29, 1.82) is 0 Å². The third kappa shape index (κ3) is 49.2. The van der Waals surface area contributed by atoms with Crippen molar-refractivity contribution >= 4 is 13.7 Å². The lowest BCUT2D eigenvalue weighted by Gasteiger charge is -2.29. The Morgan fingerprint density at radius 1 is 0.531 bits per heavy atom. The van der Waals surface area contributed by atoms with Crippen molar-refractivity contribution in [2.45, 2.75) is 296 Å². The van der Waals surface area contributed by atoms with Crippen LogP contribution in [-0.2, 0) is 18.4 Å². The van der Waals surface area contributed by atoms with Crippen LogP contribution in [0.4, 0.5) is 0 Å². The highest BCUT2D eigenvalue weighted by Crippen LogP contribution is 2.38. The van der Waals surface area contributed by atoms with E-state index in [9.17, 15) is 19.4 Å². The van der Waals surface area contributed by atoms with Crippen molar-refractivity contribution in [1.82, 2.24) is 5.32 Å². The molecule has 0 aliphatic heterocycles. The summed E-state index contributed by atoms with van der Waals surface area (Å²) in [6.07, 6.45) is 57.3. The van der Waals surface area contributed by atoms with Crippen LogP contribution < -0.4 is 10.2 Å². The number of quaternary nitrogens is 1. The molecule has 0 saturated heterocycles. The van der Waals surface area contributed by atoms with Gasteiger partial charge in [-0.15, -0.1) is 0 Å². The van der Waals surface area contributed by atoms with Gasteiger partial charge in [0, 0.05) is 6.42 Å². The van der Waals surface area contributed by atoms with Crippen molar-refractivity contribution in [3.8, 4) is 0 Å². The zero-order valence-corrected chi connectivity index (χ0v) is 44.4. The van der Waals surface area contributed by atoms with Crippen LogP contribution in [0.25, 0.3) is 0 Å². The number of hydrogen-bond donors (Lipinski definition) is 2. The molecular formula is C55H111N2O6P. The van der Waals surface area contributed by atoms with Crippen LogP contribution in [0.2, 0.25) is 0 Å². The Hall–Kier alpha value is -0.760. The molecule has 2 N–H and O–H groups in total. The topological polar surface area (TPSA) is 108 Å². The number of hydrogen-bond acceptors (Lipinski definition) is 6. The van der Waals surface area contributed by atoms with Gasteiger partial charge < -0.3 is 28.8 Å². The first-order valence-corrected chi connectivity index (χ1v) is 29.5. The van der Waals surface area contributed by atoms with Gasteiger partial charge in [-0.3, -0.25) is 9.36 Å². The van der Waals surface area contributed by atoms with Crippen LogP contribution in [0.5, 0.6) is 0 Å². The Bertz CT molecular complexity index is 1050. The quantitative estimate of drug-likeness (QED) is 0.0272. The number of allylic oxidation sites excluding steroid dienone is 1. The molecule has 1 amide bonds. The maximum atomic E-state index is 12.9. The van der Waals surface area contributed by atoms with Gasteiger partial charge in [-0.2, -0.15) is 0 Å². The molecule has 0 saturated carbocycles. The lowest BCUT2D eigenvalue weighted by atomic mass is 10.0. The van der Waals surface area contributed by atoms with Crippen LogP contribution >= 0.6 is 7.82 Å². The monoisotopic (exact) mass is 927 g/mol. The van der Waals surface area contributed by atoms with Crippen molar-refractivity contribution in [3.05, 3.63) is 12.2 Å². The summed E-state index contributed by atoms with van der Waals surface area (Å²) >= 11 is 0. The van der Waals surface area contributed by atoms with Gasteiger partial charge in [0.15, 0.2) is 0 Å². The Balaban J connectivity index is 3.99. The molecule has 0 aromatic carbocycles. The summed E-state index contributed by atoms with van der Waals surface area (Å²) in [5.74, 6) is -0.192. The molecule has 0 aliphatic carbocycles. The number of unbranched alkanes of at least 4 members (excludes halogenated alkanes) is 39. The predicted molar refractivity (Wildman–Crippen MR) is 275 cm³/mol. The van der Waals surface area contributed by atoms with Crippen LogP contribution in [0.3, 0.4) is 0 Å². The number of nitrogens with zero attached hydrogens (tertiary/aromatic N) is 1. The number of phosphoric ester groups is 1. The molecule has 9 heteroatoms. The second kappa shape index (κ2) is 47.3. The molecule has 3 unspecified atom stereocenters. The fraction of sp³-hybridized carbons (Fsp3) is 0.945. The first-order valence-electron chi connectivity index (χ1n) is 28.1. The second-order valence-electron chi connectivity index (χ2n) is 20.7. The first kappa shape index (κ1) is 63.2. The van der Waals surface area contributed by atoms with Gasteiger partial charge in [0.05, 0.1) is 39.9 Å². The molecule has 0 heterocycles. The van der Waals surface area contributed by atoms with E-state index in [1.807, 2.05) is 27.2 Å². The lowest BCUT2D eigenvalue weighted by molar-refractivity contribution is -0.870. The number of carbonyl (C=O) groups excluding carboxylic acids is 1. The molecule has 8 nitrogen and oxygen atoms in total. The Kier molecular flexibility index (Phi) is 46.8. The van der Waals surface area contributed by atoms with Crippen molar-refractivity contribution in [2.75, 3.05) is 40.9 Å². The van der Waals surface area contributed by atoms with Gasteiger partial charge in [0.1, 0.15) is 13.2 Å². The van der Waals surface area contributed by atoms with Crippen molar-refractivity contribution in [3.63, 3.8) is 0 Å². The normalized spacial score (nSPS) is 14.0. The fourth-order valence-electron chi connectivity index (χ4n) is 8.57. The Morgan fingerprint density at radius 3 is 1.17 bits per heavy atom. The molecule has 0 aromatic rings. The summed E-state index contributed by atoms with van der Waals surface area (Å²) in [7, 11) is 1.27. The average molecular weight is 927 g/mol. The number of phosphoric acid groups is 1. The molecule has 3 atom stereocenters. The van der Waals surface area contributed by atoms with E-state index in [1.165, 1.54) is 225 Å². The van der Waals surface area contributed by atoms with E-state index in [2.05, 4.69) is 19.2 Å². The fourth-order valence-corrected chi connectivity index (χ4v) is 9.29. The molecule has 64 heavy (non-hydrogen) atoms. The van der Waals surface area contributed by atoms with E-state index >= 15 is 0 Å². The summed E-state index contributed by atoms with van der Waals surface area (Å²) in [5, 5.41) is 13.8. The summed E-state index contributed by atoms with van der Waals surface area (Å²) in [5.41, 5.74) is 0. The van der Waals surface area contributed by atoms with Crippen molar-refractivity contribution in [2.24, 2.45) is 0 Å². The highest BCUT2D eigenvalue weighted by Gasteiger charge is 2.23. The molecule has 0 bridgehead atoms. The molecule has 0 rings (SSSR count). The number of amides is 1. The predicted octanol–water partition coefficient (Wildman–Crippen LogP) is 16.0. The van der Waals surface area contributed by atoms with Gasteiger partial charge in [-0.1, -0.05) is 270 Å². The van der Waals surface area contributed by atoms with Gasteiger partial charge in [0.2, 0.25) is 5.91 Å². The van der Waals surface area contributed by atoms with Gasteiger partial charge in [0.25, 0.3) is 7.82 Å². The zero-order valence-electron chi connectivity index (χ0n) is 43.5. The van der Waals surface area contributed by atoms with Gasteiger partial charge in [-0.05, 0) is 19.3 Å². The van der Waals surface area contributed by atoms with Crippen LogP contribution in [0, 0.1) is 0 Å². The molecule has 0 aromatic heterocycles. The minimum Gasteiger partial charge on any atom is -0.756 e. The number of rotatable bonds is 52. The van der Waals surface area contributed by atoms with E-state index < -0.39 is 20.0 Å². The van der Waals surface area contributed by atoms with Crippen molar-refractivity contribution < 1.29 is 32.9 Å². The molecule has 0 spiro atoms. The van der Waals surface area contributed by atoms with Crippen LogP contribution in [0.15, 0.2) is 12.2 Å². The molecule has 0 fully saturated rings. The summed E-state index contributed by atoms with van der Waals surface area (Å²) in [4.78, 5) is 25.4. The van der Waals surface area contributed by atoms with E-state index in [-0.39, 0.29) is 19.1 Å². The zero-order chi connectivity index (χ0) is 47.1. The minimum atomic E-state index is -4.59. The summed E-state index contributed by atoms with van der Waals surface area (Å²) in [6, 6.07) is -0.880. The average Bonchev–Trinajstić information content (AvgIpc) is 3.25. The lowest BCUT2D eigenvalue weighted by Crippen LogP contribution is -2.45. The van der Waals surface area contributed by atoms with E-state index in [0.717, 1.165) is 38.5 Å². The van der Waals surface area contributed by atoms with Crippen LogP contribution in [0.1, 0.15) is 284 Å². The van der Waals surface area contributed by atoms with E-state index in [4.69, 9.17) is 9.05 Å². The van der Waals surface area contributed by atoms with Crippen LogP contribution in [-0.4, -0.2) is 68.5 Å². The van der Waals surface area contributed by atoms with E-state index in [0.29, 0.717) is 17.4 Å². The summed E-state index contributed by atoms with van der Waals surface area (Å²) in [6.45, 7) is 4.67. The molecular weight excluding hydrogens is 816 g/mol. The molecule has 0 radical (unpaired) electrons. The SMILES string of the molecule is CCCCCCCCCCCC/C=C/C(O)C(COP(=O)([O-])OCC[N+](C)(C)C)NC(=O)CCCCCCCCCCCCCCCCCCCCCCCCCCCCCCCC. The molecule has 382 valence electrons. The Morgan fingerprint density at radius 2 is 0.844 bits per heavy atom. The standard InChI is InChI=1S/C55H111N2O6P/c1-6-8-10-12-14-16-18-20-21-22-23-24-25-26-27-28-29-30-31-32-33-34-35-36-37-39-41-43-45-47-49-55(59)56-53(52-63-64(60,61)62-51-50-57(3,4)5)54(58)48-46-44-42-40-38-19-17-15-13-11-9-7-2/h46,48,53-54,58H,6-45,47,49-52H2,1-5H3,(H-,56,59,60,61)/b48-46+. The van der Waals surface area contributed by atoms with E-state index in [1.54, 1.807) is 6.08 Å². The van der Waals surface area contributed by atoms with Gasteiger partial charge in [-0.25, -0.2) is 0 Å².